The standard InChI is InChI=1S/C17H15N3O3/c1-21-12-3-4-13-14(7-12)19-9-20-17(13)18-8-11-2-5-15-16(6-11)23-10-22-15/h2-7,9H,8,10H2,1H3,(H,18,19,20). The molecule has 23 heavy (non-hydrogen) atoms. The normalized spacial score (nSPS) is 12.4. The van der Waals surface area contributed by atoms with E-state index >= 15 is 0 Å². The number of hydrogen-bond donors (Lipinski definition) is 1. The fourth-order valence-electron chi connectivity index (χ4n) is 2.54. The minimum Gasteiger partial charge on any atom is -0.497 e. The first kappa shape index (κ1) is 13.6. The first-order valence-electron chi connectivity index (χ1n) is 7.24. The van der Waals surface area contributed by atoms with Crippen molar-refractivity contribution in [3.05, 3.63) is 48.3 Å². The van der Waals surface area contributed by atoms with Crippen molar-refractivity contribution in [3.63, 3.8) is 0 Å². The zero-order chi connectivity index (χ0) is 15.6. The van der Waals surface area contributed by atoms with Gasteiger partial charge in [0.2, 0.25) is 6.79 Å². The summed E-state index contributed by atoms with van der Waals surface area (Å²) in [4.78, 5) is 8.62. The van der Waals surface area contributed by atoms with Crippen LogP contribution in [0.3, 0.4) is 0 Å². The van der Waals surface area contributed by atoms with Crippen LogP contribution >= 0.6 is 0 Å². The number of methoxy groups -OCH3 is 1. The summed E-state index contributed by atoms with van der Waals surface area (Å²) in [7, 11) is 1.64. The molecule has 0 radical (unpaired) electrons. The van der Waals surface area contributed by atoms with E-state index in [0.717, 1.165) is 39.5 Å². The van der Waals surface area contributed by atoms with E-state index in [4.69, 9.17) is 14.2 Å². The van der Waals surface area contributed by atoms with E-state index in [2.05, 4.69) is 15.3 Å². The van der Waals surface area contributed by atoms with Crippen LogP contribution in [-0.4, -0.2) is 23.9 Å². The molecule has 1 aliphatic rings. The van der Waals surface area contributed by atoms with Crippen molar-refractivity contribution in [1.29, 1.82) is 0 Å². The average Bonchev–Trinajstić information content (AvgIpc) is 3.07. The van der Waals surface area contributed by atoms with E-state index < -0.39 is 0 Å². The summed E-state index contributed by atoms with van der Waals surface area (Å²) in [6.07, 6.45) is 1.55. The molecule has 0 atom stereocenters. The summed E-state index contributed by atoms with van der Waals surface area (Å²) >= 11 is 0. The van der Waals surface area contributed by atoms with Gasteiger partial charge >= 0.3 is 0 Å². The maximum Gasteiger partial charge on any atom is 0.231 e. The molecule has 0 saturated carbocycles. The molecule has 1 aromatic heterocycles. The minimum atomic E-state index is 0.282. The Labute approximate surface area is 133 Å². The Morgan fingerprint density at radius 1 is 1.09 bits per heavy atom. The third-order valence-electron chi connectivity index (χ3n) is 3.74. The van der Waals surface area contributed by atoms with Crippen LogP contribution in [0, 0.1) is 0 Å². The van der Waals surface area contributed by atoms with Gasteiger partial charge in [-0.05, 0) is 29.8 Å². The number of nitrogens with zero attached hydrogens (tertiary/aromatic N) is 2. The summed E-state index contributed by atoms with van der Waals surface area (Å²) in [5.74, 6) is 3.13. The molecule has 0 amide bonds. The van der Waals surface area contributed by atoms with Gasteiger partial charge in [-0.2, -0.15) is 0 Å². The first-order valence-corrected chi connectivity index (χ1v) is 7.24. The van der Waals surface area contributed by atoms with Crippen LogP contribution in [0.5, 0.6) is 17.2 Å². The lowest BCUT2D eigenvalue weighted by atomic mass is 10.2. The van der Waals surface area contributed by atoms with Crippen molar-refractivity contribution in [2.75, 3.05) is 19.2 Å². The Bertz CT molecular complexity index is 867. The van der Waals surface area contributed by atoms with Gasteiger partial charge in [-0.3, -0.25) is 0 Å². The molecule has 1 aliphatic heterocycles. The topological polar surface area (TPSA) is 65.5 Å². The van der Waals surface area contributed by atoms with Gasteiger partial charge in [0.25, 0.3) is 0 Å². The zero-order valence-corrected chi connectivity index (χ0v) is 12.6. The van der Waals surface area contributed by atoms with Crippen LogP contribution in [0.25, 0.3) is 10.9 Å². The van der Waals surface area contributed by atoms with Crippen LogP contribution < -0.4 is 19.5 Å². The molecule has 2 aromatic carbocycles. The van der Waals surface area contributed by atoms with Crippen molar-refractivity contribution in [2.45, 2.75) is 6.54 Å². The number of rotatable bonds is 4. The molecule has 2 heterocycles. The van der Waals surface area contributed by atoms with Crippen LogP contribution in [0.4, 0.5) is 5.82 Å². The molecule has 0 unspecified atom stereocenters. The Morgan fingerprint density at radius 3 is 2.91 bits per heavy atom. The SMILES string of the molecule is COc1ccc2c(NCc3ccc4c(c3)OCO4)ncnc2c1. The highest BCUT2D eigenvalue weighted by Gasteiger charge is 2.13. The molecule has 0 saturated heterocycles. The largest absolute Gasteiger partial charge is 0.497 e. The van der Waals surface area contributed by atoms with E-state index in [-0.39, 0.29) is 6.79 Å². The lowest BCUT2D eigenvalue weighted by Crippen LogP contribution is -2.02. The van der Waals surface area contributed by atoms with Crippen LogP contribution in [0.2, 0.25) is 0 Å². The highest BCUT2D eigenvalue weighted by Crippen LogP contribution is 2.32. The Morgan fingerprint density at radius 2 is 2.00 bits per heavy atom. The van der Waals surface area contributed by atoms with Crippen molar-refractivity contribution in [1.82, 2.24) is 9.97 Å². The molecule has 4 rings (SSSR count). The summed E-state index contributed by atoms with van der Waals surface area (Å²) in [6, 6.07) is 11.6. The molecule has 0 spiro atoms. The fourth-order valence-corrected chi connectivity index (χ4v) is 2.54. The summed E-state index contributed by atoms with van der Waals surface area (Å²) in [5, 5.41) is 4.30. The van der Waals surface area contributed by atoms with E-state index in [0.29, 0.717) is 6.54 Å². The number of ether oxygens (including phenoxy) is 3. The summed E-state index contributed by atoms with van der Waals surface area (Å²) in [5.41, 5.74) is 1.93. The van der Waals surface area contributed by atoms with Crippen LogP contribution in [-0.2, 0) is 6.54 Å². The molecule has 6 nitrogen and oxygen atoms in total. The minimum absolute atomic E-state index is 0.282. The van der Waals surface area contributed by atoms with Crippen molar-refractivity contribution in [2.24, 2.45) is 0 Å². The Kier molecular flexibility index (Phi) is 3.34. The molecule has 1 N–H and O–H groups in total. The van der Waals surface area contributed by atoms with E-state index in [1.807, 2.05) is 36.4 Å². The smallest absolute Gasteiger partial charge is 0.231 e. The maximum atomic E-state index is 5.40. The van der Waals surface area contributed by atoms with Gasteiger partial charge in [0.05, 0.1) is 12.6 Å². The molecule has 0 aliphatic carbocycles. The second-order valence-corrected chi connectivity index (χ2v) is 5.15. The number of hydrogen-bond acceptors (Lipinski definition) is 6. The third kappa shape index (κ3) is 2.59. The van der Waals surface area contributed by atoms with E-state index in [1.165, 1.54) is 0 Å². The quantitative estimate of drug-likeness (QED) is 0.799. The summed E-state index contributed by atoms with van der Waals surface area (Å²) in [6.45, 7) is 0.916. The molecular formula is C17H15N3O3. The molecule has 0 fully saturated rings. The van der Waals surface area contributed by atoms with Crippen molar-refractivity contribution >= 4 is 16.7 Å². The predicted molar refractivity (Wildman–Crippen MR) is 86.0 cm³/mol. The number of fused-ring (bicyclic) bond motifs is 2. The van der Waals surface area contributed by atoms with Gasteiger partial charge in [0, 0.05) is 18.0 Å². The average molecular weight is 309 g/mol. The van der Waals surface area contributed by atoms with Crippen molar-refractivity contribution < 1.29 is 14.2 Å². The lowest BCUT2D eigenvalue weighted by Gasteiger charge is -2.09. The van der Waals surface area contributed by atoms with E-state index in [1.54, 1.807) is 13.4 Å². The van der Waals surface area contributed by atoms with Gasteiger partial charge in [0.15, 0.2) is 11.5 Å². The molecule has 116 valence electrons. The van der Waals surface area contributed by atoms with Gasteiger partial charge in [-0.1, -0.05) is 6.07 Å². The van der Waals surface area contributed by atoms with Gasteiger partial charge in [-0.25, -0.2) is 9.97 Å². The number of nitrogens with one attached hydrogen (secondary N) is 1. The van der Waals surface area contributed by atoms with Crippen LogP contribution in [0.15, 0.2) is 42.7 Å². The maximum absolute atomic E-state index is 5.40. The first-order chi connectivity index (χ1) is 11.3. The predicted octanol–water partition coefficient (Wildman–Crippen LogP) is 2.98. The highest BCUT2D eigenvalue weighted by molar-refractivity contribution is 5.89. The molecule has 6 heteroatoms. The zero-order valence-electron chi connectivity index (χ0n) is 12.6. The second-order valence-electron chi connectivity index (χ2n) is 5.15. The third-order valence-corrected chi connectivity index (χ3v) is 3.74. The number of aromatic nitrogens is 2. The number of benzene rings is 2. The molecule has 0 bridgehead atoms. The van der Waals surface area contributed by atoms with Gasteiger partial charge < -0.3 is 19.5 Å². The Hall–Kier alpha value is -3.02. The van der Waals surface area contributed by atoms with Gasteiger partial charge in [0.1, 0.15) is 17.9 Å². The van der Waals surface area contributed by atoms with Crippen LogP contribution in [0.1, 0.15) is 5.56 Å². The number of anilines is 1. The molecule has 3 aromatic rings. The lowest BCUT2D eigenvalue weighted by molar-refractivity contribution is 0.174. The fraction of sp³-hybridized carbons (Fsp3) is 0.176. The molecular weight excluding hydrogens is 294 g/mol. The Balaban J connectivity index is 1.58. The second kappa shape index (κ2) is 5.64. The summed E-state index contributed by atoms with van der Waals surface area (Å²) < 4.78 is 15.9. The van der Waals surface area contributed by atoms with E-state index in [9.17, 15) is 0 Å². The van der Waals surface area contributed by atoms with Gasteiger partial charge in [-0.15, -0.1) is 0 Å². The monoisotopic (exact) mass is 309 g/mol. The van der Waals surface area contributed by atoms with Crippen molar-refractivity contribution in [3.8, 4) is 17.2 Å². The highest BCUT2D eigenvalue weighted by atomic mass is 16.7.